The molecule has 136 valence electrons. The second-order valence-electron chi connectivity index (χ2n) is 7.74. The summed E-state index contributed by atoms with van der Waals surface area (Å²) < 4.78 is 0. The van der Waals surface area contributed by atoms with E-state index in [1.54, 1.807) is 0 Å². The quantitative estimate of drug-likeness (QED) is 0.850. The second-order valence-corrected chi connectivity index (χ2v) is 8.60. The Hall–Kier alpha value is -2.01. The lowest BCUT2D eigenvalue weighted by atomic mass is 9.67. The SMILES string of the molecule is Cc1ccc(-c2csc(NC(=O)C3CC4CCCC(C3)C4=O)n2)c(C)c1. The molecule has 0 spiro atoms. The number of carbonyl (C=O) groups excluding carboxylic acids is 2. The highest BCUT2D eigenvalue weighted by molar-refractivity contribution is 7.14. The van der Waals surface area contributed by atoms with Crippen molar-refractivity contribution in [2.24, 2.45) is 17.8 Å². The third-order valence-corrected chi connectivity index (χ3v) is 6.57. The summed E-state index contributed by atoms with van der Waals surface area (Å²) in [5.41, 5.74) is 4.42. The minimum absolute atomic E-state index is 0.0240. The molecule has 1 amide bonds. The topological polar surface area (TPSA) is 59.1 Å². The van der Waals surface area contributed by atoms with Crippen LogP contribution >= 0.6 is 11.3 Å². The smallest absolute Gasteiger partial charge is 0.229 e. The van der Waals surface area contributed by atoms with Crippen LogP contribution in [0.15, 0.2) is 23.6 Å². The molecule has 26 heavy (non-hydrogen) atoms. The Morgan fingerprint density at radius 2 is 1.92 bits per heavy atom. The summed E-state index contributed by atoms with van der Waals surface area (Å²) in [5, 5.41) is 5.63. The molecule has 2 aromatic rings. The van der Waals surface area contributed by atoms with Crippen LogP contribution in [0.3, 0.4) is 0 Å². The van der Waals surface area contributed by atoms with Gasteiger partial charge in [0.15, 0.2) is 5.13 Å². The summed E-state index contributed by atoms with van der Waals surface area (Å²) in [4.78, 5) is 29.5. The van der Waals surface area contributed by atoms with Crippen LogP contribution in [-0.2, 0) is 9.59 Å². The molecule has 2 aliphatic rings. The summed E-state index contributed by atoms with van der Waals surface area (Å²) in [6.45, 7) is 4.16. The molecule has 0 radical (unpaired) electrons. The number of Topliss-reactive ketones (excluding diaryl/α,β-unsaturated/α-hetero) is 1. The minimum atomic E-state index is -0.0588. The van der Waals surface area contributed by atoms with Crippen molar-refractivity contribution in [2.75, 3.05) is 5.32 Å². The highest BCUT2D eigenvalue weighted by Gasteiger charge is 2.41. The Morgan fingerprint density at radius 3 is 2.62 bits per heavy atom. The van der Waals surface area contributed by atoms with Crippen LogP contribution in [0, 0.1) is 31.6 Å². The number of fused-ring (bicyclic) bond motifs is 2. The summed E-state index contributed by atoms with van der Waals surface area (Å²) in [6.07, 6.45) is 4.44. The van der Waals surface area contributed by atoms with Crippen LogP contribution in [0.2, 0.25) is 0 Å². The van der Waals surface area contributed by atoms with Crippen molar-refractivity contribution in [1.29, 1.82) is 0 Å². The molecule has 2 unspecified atom stereocenters. The van der Waals surface area contributed by atoms with Crippen LogP contribution in [0.1, 0.15) is 43.2 Å². The first-order valence-corrected chi connectivity index (χ1v) is 10.3. The number of thiazole rings is 1. The van der Waals surface area contributed by atoms with Crippen molar-refractivity contribution < 1.29 is 9.59 Å². The molecule has 1 N–H and O–H groups in total. The van der Waals surface area contributed by atoms with Crippen LogP contribution in [-0.4, -0.2) is 16.7 Å². The van der Waals surface area contributed by atoms with Crippen molar-refractivity contribution in [3.63, 3.8) is 0 Å². The van der Waals surface area contributed by atoms with Crippen molar-refractivity contribution in [3.8, 4) is 11.3 Å². The van der Waals surface area contributed by atoms with Gasteiger partial charge >= 0.3 is 0 Å². The molecule has 0 saturated heterocycles. The number of aryl methyl sites for hydroxylation is 2. The standard InChI is InChI=1S/C21H24N2O2S/c1-12-6-7-17(13(2)8-12)18-11-26-21(22-18)23-20(25)16-9-14-4-3-5-15(10-16)19(14)24/h6-8,11,14-16H,3-5,9-10H2,1-2H3,(H,22,23,25). The Labute approximate surface area is 158 Å². The van der Waals surface area contributed by atoms with Gasteiger partial charge in [0.2, 0.25) is 5.91 Å². The predicted octanol–water partition coefficient (Wildman–Crippen LogP) is 4.76. The number of nitrogens with one attached hydrogen (secondary N) is 1. The number of nitrogens with zero attached hydrogens (tertiary/aromatic N) is 1. The van der Waals surface area contributed by atoms with Gasteiger partial charge in [-0.2, -0.15) is 0 Å². The molecule has 0 aliphatic heterocycles. The second kappa shape index (κ2) is 6.95. The number of hydrogen-bond donors (Lipinski definition) is 1. The highest BCUT2D eigenvalue weighted by Crippen LogP contribution is 2.40. The van der Waals surface area contributed by atoms with E-state index in [4.69, 9.17) is 0 Å². The number of hydrogen-bond acceptors (Lipinski definition) is 4. The van der Waals surface area contributed by atoms with Crippen LogP contribution in [0.4, 0.5) is 5.13 Å². The van der Waals surface area contributed by atoms with E-state index in [9.17, 15) is 9.59 Å². The first-order chi connectivity index (χ1) is 12.5. The summed E-state index contributed by atoms with van der Waals surface area (Å²) >= 11 is 1.46. The number of benzene rings is 1. The summed E-state index contributed by atoms with van der Waals surface area (Å²) in [7, 11) is 0. The van der Waals surface area contributed by atoms with Gasteiger partial charge in [0, 0.05) is 28.7 Å². The van der Waals surface area contributed by atoms with Gasteiger partial charge < -0.3 is 5.32 Å². The zero-order valence-electron chi connectivity index (χ0n) is 15.2. The highest BCUT2D eigenvalue weighted by atomic mass is 32.1. The number of ketones is 1. The third kappa shape index (κ3) is 3.32. The molecular formula is C21H24N2O2S. The molecule has 1 heterocycles. The molecule has 2 saturated carbocycles. The average Bonchev–Trinajstić information content (AvgIpc) is 3.02. The fourth-order valence-electron chi connectivity index (χ4n) is 4.46. The zero-order chi connectivity index (χ0) is 18.3. The first kappa shape index (κ1) is 17.4. The maximum atomic E-state index is 12.7. The van der Waals surface area contributed by atoms with Crippen LogP contribution in [0.25, 0.3) is 11.3 Å². The van der Waals surface area contributed by atoms with Gasteiger partial charge in [-0.3, -0.25) is 9.59 Å². The lowest BCUT2D eigenvalue weighted by molar-refractivity contribution is -0.136. The van der Waals surface area contributed by atoms with E-state index < -0.39 is 0 Å². The molecule has 2 bridgehead atoms. The average molecular weight is 369 g/mol. The Kier molecular flexibility index (Phi) is 4.65. The number of rotatable bonds is 3. The fourth-order valence-corrected chi connectivity index (χ4v) is 5.17. The Bertz CT molecular complexity index is 841. The van der Waals surface area contributed by atoms with Crippen LogP contribution < -0.4 is 5.32 Å². The molecular weight excluding hydrogens is 344 g/mol. The molecule has 4 rings (SSSR count). The van der Waals surface area contributed by atoms with Gasteiger partial charge in [0.25, 0.3) is 0 Å². The lowest BCUT2D eigenvalue weighted by Crippen LogP contribution is -2.40. The van der Waals surface area contributed by atoms with Gasteiger partial charge in [-0.05, 0) is 45.1 Å². The van der Waals surface area contributed by atoms with E-state index in [-0.39, 0.29) is 23.7 Å². The molecule has 2 aliphatic carbocycles. The van der Waals surface area contributed by atoms with E-state index in [1.807, 2.05) is 5.38 Å². The molecule has 2 fully saturated rings. The largest absolute Gasteiger partial charge is 0.302 e. The summed E-state index contributed by atoms with van der Waals surface area (Å²) in [5.74, 6) is 0.555. The van der Waals surface area contributed by atoms with E-state index in [2.05, 4.69) is 42.3 Å². The number of anilines is 1. The van der Waals surface area contributed by atoms with Gasteiger partial charge in [0.05, 0.1) is 5.69 Å². The van der Waals surface area contributed by atoms with E-state index in [1.165, 1.54) is 22.5 Å². The summed E-state index contributed by atoms with van der Waals surface area (Å²) in [6, 6.07) is 6.31. The number of aromatic nitrogens is 1. The van der Waals surface area contributed by atoms with Crippen LogP contribution in [0.5, 0.6) is 0 Å². The Balaban J connectivity index is 1.46. The normalized spacial score (nSPS) is 25.2. The Morgan fingerprint density at radius 1 is 1.19 bits per heavy atom. The molecule has 5 heteroatoms. The monoisotopic (exact) mass is 368 g/mol. The molecule has 1 aromatic heterocycles. The maximum Gasteiger partial charge on any atom is 0.229 e. The van der Waals surface area contributed by atoms with Gasteiger partial charge in [-0.15, -0.1) is 11.3 Å². The zero-order valence-corrected chi connectivity index (χ0v) is 16.1. The predicted molar refractivity (Wildman–Crippen MR) is 104 cm³/mol. The number of amides is 1. The third-order valence-electron chi connectivity index (χ3n) is 5.81. The van der Waals surface area contributed by atoms with Crippen molar-refractivity contribution in [1.82, 2.24) is 4.98 Å². The van der Waals surface area contributed by atoms with Crippen molar-refractivity contribution >= 4 is 28.2 Å². The molecule has 4 nitrogen and oxygen atoms in total. The first-order valence-electron chi connectivity index (χ1n) is 9.39. The van der Waals surface area contributed by atoms with Gasteiger partial charge in [-0.25, -0.2) is 4.98 Å². The van der Waals surface area contributed by atoms with Crippen molar-refractivity contribution in [3.05, 3.63) is 34.7 Å². The fraction of sp³-hybridized carbons (Fsp3) is 0.476. The van der Waals surface area contributed by atoms with Gasteiger partial charge in [0.1, 0.15) is 5.78 Å². The van der Waals surface area contributed by atoms with E-state index >= 15 is 0 Å². The number of carbonyl (C=O) groups is 2. The van der Waals surface area contributed by atoms with E-state index in [0.29, 0.717) is 23.8 Å². The maximum absolute atomic E-state index is 12.7. The van der Waals surface area contributed by atoms with Crippen molar-refractivity contribution in [2.45, 2.75) is 46.0 Å². The molecule has 1 aromatic carbocycles. The van der Waals surface area contributed by atoms with Gasteiger partial charge in [-0.1, -0.05) is 30.2 Å². The lowest BCUT2D eigenvalue weighted by Gasteiger charge is -2.36. The minimum Gasteiger partial charge on any atom is -0.302 e. The van der Waals surface area contributed by atoms with E-state index in [0.717, 1.165) is 30.5 Å². The molecule has 2 atom stereocenters.